The fourth-order valence-electron chi connectivity index (χ4n) is 3.70. The Morgan fingerprint density at radius 2 is 1.58 bits per heavy atom. The van der Waals surface area contributed by atoms with Gasteiger partial charge in [-0.15, -0.1) is 0 Å². The van der Waals surface area contributed by atoms with Crippen LogP contribution in [0.15, 0.2) is 0 Å². The largest absolute Gasteiger partial charge is 0.385 e. The smallest absolute Gasteiger partial charge is 0.0474 e. The van der Waals surface area contributed by atoms with Gasteiger partial charge in [0.15, 0.2) is 0 Å². The molecule has 0 amide bonds. The first-order chi connectivity index (χ1) is 9.15. The van der Waals surface area contributed by atoms with E-state index in [9.17, 15) is 0 Å². The molecular weight excluding hydrogens is 236 g/mol. The fraction of sp³-hybridized carbons (Fsp3) is 1.00. The highest BCUT2D eigenvalue weighted by Gasteiger charge is 2.37. The van der Waals surface area contributed by atoms with Gasteiger partial charge in [0.2, 0.25) is 0 Å². The van der Waals surface area contributed by atoms with Gasteiger partial charge in [-0.25, -0.2) is 0 Å². The summed E-state index contributed by atoms with van der Waals surface area (Å²) >= 11 is 0. The number of piperidine rings is 2. The van der Waals surface area contributed by atoms with Gasteiger partial charge in [0.05, 0.1) is 0 Å². The molecule has 0 saturated carbocycles. The SMILES string of the molecule is COCCCN1CCC2(CC1)CCN(C(C)C)CC2. The molecule has 2 aliphatic heterocycles. The van der Waals surface area contributed by atoms with Gasteiger partial charge in [0.25, 0.3) is 0 Å². The van der Waals surface area contributed by atoms with Crippen LogP contribution in [0.4, 0.5) is 0 Å². The number of methoxy groups -OCH3 is 1. The van der Waals surface area contributed by atoms with E-state index in [1.807, 2.05) is 0 Å². The normalized spacial score (nSPS) is 25.3. The second-order valence-corrected chi connectivity index (χ2v) is 6.82. The molecule has 2 fully saturated rings. The standard InChI is InChI=1S/C16H32N2O/c1-15(2)18-12-7-16(8-13-18)5-10-17(11-6-16)9-4-14-19-3/h15H,4-14H2,1-3H3. The van der Waals surface area contributed by atoms with Crippen molar-refractivity contribution in [3.05, 3.63) is 0 Å². The van der Waals surface area contributed by atoms with E-state index in [1.165, 1.54) is 64.8 Å². The van der Waals surface area contributed by atoms with E-state index in [0.29, 0.717) is 5.41 Å². The average molecular weight is 268 g/mol. The lowest BCUT2D eigenvalue weighted by Gasteiger charge is -2.47. The van der Waals surface area contributed by atoms with Gasteiger partial charge in [-0.2, -0.15) is 0 Å². The van der Waals surface area contributed by atoms with Crippen molar-refractivity contribution in [1.82, 2.24) is 9.80 Å². The summed E-state index contributed by atoms with van der Waals surface area (Å²) in [6.45, 7) is 12.1. The summed E-state index contributed by atoms with van der Waals surface area (Å²) in [5, 5.41) is 0. The lowest BCUT2D eigenvalue weighted by atomic mass is 9.71. The zero-order valence-electron chi connectivity index (χ0n) is 13.2. The molecule has 1 spiro atoms. The van der Waals surface area contributed by atoms with Crippen molar-refractivity contribution in [2.75, 3.05) is 46.4 Å². The highest BCUT2D eigenvalue weighted by molar-refractivity contribution is 4.91. The third-order valence-electron chi connectivity index (χ3n) is 5.33. The summed E-state index contributed by atoms with van der Waals surface area (Å²) in [4.78, 5) is 5.29. The Kier molecular flexibility index (Phi) is 5.67. The van der Waals surface area contributed by atoms with E-state index in [0.717, 1.165) is 12.6 Å². The molecule has 0 aromatic rings. The minimum absolute atomic E-state index is 0.684. The minimum atomic E-state index is 0.684. The number of likely N-dealkylation sites (tertiary alicyclic amines) is 2. The number of hydrogen-bond donors (Lipinski definition) is 0. The van der Waals surface area contributed by atoms with E-state index < -0.39 is 0 Å². The maximum Gasteiger partial charge on any atom is 0.0474 e. The first-order valence-electron chi connectivity index (χ1n) is 8.11. The maximum atomic E-state index is 5.14. The van der Waals surface area contributed by atoms with Crippen LogP contribution >= 0.6 is 0 Å². The van der Waals surface area contributed by atoms with Crippen LogP contribution in [-0.4, -0.2) is 62.3 Å². The Morgan fingerprint density at radius 3 is 2.11 bits per heavy atom. The van der Waals surface area contributed by atoms with Crippen molar-refractivity contribution in [1.29, 1.82) is 0 Å². The maximum absolute atomic E-state index is 5.14. The molecule has 0 aromatic heterocycles. The lowest BCUT2D eigenvalue weighted by molar-refractivity contribution is 0.0232. The minimum Gasteiger partial charge on any atom is -0.385 e. The van der Waals surface area contributed by atoms with Crippen molar-refractivity contribution in [3.8, 4) is 0 Å². The summed E-state index contributed by atoms with van der Waals surface area (Å²) < 4.78 is 5.14. The van der Waals surface area contributed by atoms with Gasteiger partial charge >= 0.3 is 0 Å². The van der Waals surface area contributed by atoms with E-state index >= 15 is 0 Å². The van der Waals surface area contributed by atoms with Crippen LogP contribution in [0.2, 0.25) is 0 Å². The quantitative estimate of drug-likeness (QED) is 0.713. The zero-order valence-corrected chi connectivity index (χ0v) is 13.2. The first kappa shape index (κ1) is 15.3. The number of ether oxygens (including phenoxy) is 1. The molecule has 2 rings (SSSR count). The third kappa shape index (κ3) is 4.17. The lowest BCUT2D eigenvalue weighted by Crippen LogP contribution is -2.48. The fourth-order valence-corrected chi connectivity index (χ4v) is 3.70. The van der Waals surface area contributed by atoms with Crippen LogP contribution in [0.3, 0.4) is 0 Å². The predicted octanol–water partition coefficient (Wildman–Crippen LogP) is 2.61. The van der Waals surface area contributed by atoms with Gasteiger partial charge in [0, 0.05) is 26.3 Å². The molecule has 0 radical (unpaired) electrons. The van der Waals surface area contributed by atoms with Crippen LogP contribution in [0.5, 0.6) is 0 Å². The molecule has 2 aliphatic rings. The number of nitrogens with zero attached hydrogens (tertiary/aromatic N) is 2. The average Bonchev–Trinajstić information content (AvgIpc) is 2.42. The molecule has 0 aromatic carbocycles. The summed E-state index contributed by atoms with van der Waals surface area (Å²) in [7, 11) is 1.80. The van der Waals surface area contributed by atoms with Crippen LogP contribution in [0, 0.1) is 5.41 Å². The third-order valence-corrected chi connectivity index (χ3v) is 5.33. The first-order valence-corrected chi connectivity index (χ1v) is 8.11. The number of hydrogen-bond acceptors (Lipinski definition) is 3. The summed E-state index contributed by atoms with van der Waals surface area (Å²) in [5.41, 5.74) is 0.684. The number of rotatable bonds is 5. The van der Waals surface area contributed by atoms with Crippen molar-refractivity contribution in [3.63, 3.8) is 0 Å². The van der Waals surface area contributed by atoms with Gasteiger partial charge in [-0.3, -0.25) is 0 Å². The summed E-state index contributed by atoms with van der Waals surface area (Å²) in [5.74, 6) is 0. The Hall–Kier alpha value is -0.120. The molecule has 19 heavy (non-hydrogen) atoms. The molecule has 0 aliphatic carbocycles. The highest BCUT2D eigenvalue weighted by Crippen LogP contribution is 2.41. The van der Waals surface area contributed by atoms with Crippen molar-refractivity contribution in [2.45, 2.75) is 52.0 Å². The molecule has 0 unspecified atom stereocenters. The van der Waals surface area contributed by atoms with Crippen molar-refractivity contribution in [2.24, 2.45) is 5.41 Å². The highest BCUT2D eigenvalue weighted by atomic mass is 16.5. The molecule has 3 heteroatoms. The van der Waals surface area contributed by atoms with Crippen LogP contribution in [0.25, 0.3) is 0 Å². The molecule has 2 saturated heterocycles. The van der Waals surface area contributed by atoms with Crippen LogP contribution in [-0.2, 0) is 4.74 Å². The van der Waals surface area contributed by atoms with E-state index in [1.54, 1.807) is 7.11 Å². The van der Waals surface area contributed by atoms with E-state index in [2.05, 4.69) is 23.6 Å². The van der Waals surface area contributed by atoms with Crippen LogP contribution < -0.4 is 0 Å². The Labute approximate surface area is 119 Å². The molecular formula is C16H32N2O. The summed E-state index contributed by atoms with van der Waals surface area (Å²) in [6.07, 6.45) is 6.89. The molecule has 2 heterocycles. The van der Waals surface area contributed by atoms with Gasteiger partial charge in [-0.1, -0.05) is 0 Å². The molecule has 0 bridgehead atoms. The Bertz CT molecular complexity index is 249. The van der Waals surface area contributed by atoms with Crippen molar-refractivity contribution < 1.29 is 4.74 Å². The summed E-state index contributed by atoms with van der Waals surface area (Å²) in [6, 6.07) is 0.728. The molecule has 112 valence electrons. The molecule has 0 N–H and O–H groups in total. The van der Waals surface area contributed by atoms with Crippen LogP contribution in [0.1, 0.15) is 46.0 Å². The Balaban J connectivity index is 1.71. The Morgan fingerprint density at radius 1 is 1.00 bits per heavy atom. The van der Waals surface area contributed by atoms with Gasteiger partial charge in [-0.05, 0) is 77.5 Å². The van der Waals surface area contributed by atoms with E-state index in [4.69, 9.17) is 4.74 Å². The molecule has 3 nitrogen and oxygen atoms in total. The topological polar surface area (TPSA) is 15.7 Å². The second kappa shape index (κ2) is 7.05. The van der Waals surface area contributed by atoms with E-state index in [-0.39, 0.29) is 0 Å². The van der Waals surface area contributed by atoms with Crippen molar-refractivity contribution >= 4 is 0 Å². The predicted molar refractivity (Wildman–Crippen MR) is 80.5 cm³/mol. The van der Waals surface area contributed by atoms with Gasteiger partial charge < -0.3 is 14.5 Å². The van der Waals surface area contributed by atoms with Gasteiger partial charge in [0.1, 0.15) is 0 Å². The zero-order chi connectivity index (χ0) is 13.7. The monoisotopic (exact) mass is 268 g/mol. The second-order valence-electron chi connectivity index (χ2n) is 6.82. The molecule has 0 atom stereocenters.